The Labute approximate surface area is 191 Å². The number of benzene rings is 2. The van der Waals surface area contributed by atoms with Crippen LogP contribution in [0.25, 0.3) is 0 Å². The molecule has 1 heteroatoms. The zero-order valence-corrected chi connectivity index (χ0v) is 21.5. The summed E-state index contributed by atoms with van der Waals surface area (Å²) in [5.74, 6) is 2.04. The van der Waals surface area contributed by atoms with Gasteiger partial charge in [0.2, 0.25) is 0 Å². The molecule has 0 spiro atoms. The van der Waals surface area contributed by atoms with Crippen LogP contribution in [-0.4, -0.2) is 0 Å². The molecule has 30 heavy (non-hydrogen) atoms. The van der Waals surface area contributed by atoms with Gasteiger partial charge in [-0.2, -0.15) is 0 Å². The lowest BCUT2D eigenvalue weighted by atomic mass is 9.55. The molecule has 3 unspecified atom stereocenters. The summed E-state index contributed by atoms with van der Waals surface area (Å²) < 4.78 is 0. The topological polar surface area (TPSA) is 0 Å². The Bertz CT molecular complexity index is 772. The number of rotatable bonds is 7. The zero-order valence-electron chi connectivity index (χ0n) is 20.7. The summed E-state index contributed by atoms with van der Waals surface area (Å²) in [6, 6.07) is 20.2. The second kappa shape index (κ2) is 9.47. The molecule has 166 valence electrons. The maximum Gasteiger partial charge on any atom is 0.0474 e. The van der Waals surface area contributed by atoms with Gasteiger partial charge in [-0.25, -0.2) is 0 Å². The smallest absolute Gasteiger partial charge is 0.0474 e. The molecule has 0 aliphatic carbocycles. The molecule has 0 aromatic heterocycles. The number of alkyl halides is 1. The molecule has 0 heterocycles. The van der Waals surface area contributed by atoms with Gasteiger partial charge in [-0.3, -0.25) is 0 Å². The summed E-state index contributed by atoms with van der Waals surface area (Å²) in [5, 5.41) is 0. The van der Waals surface area contributed by atoms with Crippen LogP contribution in [0.2, 0.25) is 0 Å². The van der Waals surface area contributed by atoms with Crippen LogP contribution in [0.3, 0.4) is 0 Å². The van der Waals surface area contributed by atoms with E-state index < -0.39 is 0 Å². The van der Waals surface area contributed by atoms with Crippen molar-refractivity contribution in [2.45, 2.75) is 86.5 Å². The van der Waals surface area contributed by atoms with Crippen LogP contribution in [0.15, 0.2) is 54.6 Å². The predicted octanol–water partition coefficient (Wildman–Crippen LogP) is 9.44. The highest BCUT2D eigenvalue weighted by molar-refractivity contribution is 6.17. The van der Waals surface area contributed by atoms with Crippen LogP contribution >= 0.6 is 11.6 Å². The molecule has 2 rings (SSSR count). The van der Waals surface area contributed by atoms with Crippen molar-refractivity contribution in [2.75, 3.05) is 0 Å². The number of halogens is 1. The van der Waals surface area contributed by atoms with E-state index in [0.29, 0.717) is 23.6 Å². The molecule has 0 fully saturated rings. The van der Waals surface area contributed by atoms with Crippen molar-refractivity contribution < 1.29 is 0 Å². The van der Waals surface area contributed by atoms with Gasteiger partial charge in [-0.15, -0.1) is 11.6 Å². The summed E-state index contributed by atoms with van der Waals surface area (Å²) in [6.07, 6.45) is 1.18. The minimum absolute atomic E-state index is 0.137. The Kier molecular flexibility index (Phi) is 7.89. The molecule has 0 bridgehead atoms. The standard InChI is InChI=1S/C29H43Cl/c1-21(26(28(5,6)7)24-17-15-22(20-30)16-18-24)29(8,9)25(19-27(2,3)4)23-13-11-10-12-14-23/h10-18,21,25-26H,19-20H2,1-9H3. The van der Waals surface area contributed by atoms with E-state index in [4.69, 9.17) is 11.6 Å². The molecule has 2 aromatic carbocycles. The average molecular weight is 427 g/mol. The van der Waals surface area contributed by atoms with Crippen molar-refractivity contribution in [3.05, 3.63) is 71.3 Å². The molecule has 0 amide bonds. The Hall–Kier alpha value is -1.27. The van der Waals surface area contributed by atoms with Gasteiger partial charge in [0.05, 0.1) is 0 Å². The van der Waals surface area contributed by atoms with Crippen LogP contribution in [0.5, 0.6) is 0 Å². The second-order valence-electron chi connectivity index (χ2n) is 12.1. The van der Waals surface area contributed by atoms with Crippen molar-refractivity contribution in [2.24, 2.45) is 22.2 Å². The van der Waals surface area contributed by atoms with Gasteiger partial charge in [0.15, 0.2) is 0 Å². The highest BCUT2D eigenvalue weighted by atomic mass is 35.5. The van der Waals surface area contributed by atoms with Crippen molar-refractivity contribution in [3.63, 3.8) is 0 Å². The minimum atomic E-state index is 0.137. The lowest BCUT2D eigenvalue weighted by Gasteiger charge is -2.49. The fourth-order valence-corrected chi connectivity index (χ4v) is 5.39. The van der Waals surface area contributed by atoms with Gasteiger partial charge in [0, 0.05) is 5.88 Å². The number of hydrogen-bond acceptors (Lipinski definition) is 0. The summed E-state index contributed by atoms with van der Waals surface area (Å²) in [7, 11) is 0. The van der Waals surface area contributed by atoms with Gasteiger partial charge >= 0.3 is 0 Å². The first kappa shape index (κ1) is 25.0. The third-order valence-electron chi connectivity index (χ3n) is 7.02. The molecule has 0 N–H and O–H groups in total. The van der Waals surface area contributed by atoms with Crippen molar-refractivity contribution in [3.8, 4) is 0 Å². The molecular weight excluding hydrogens is 384 g/mol. The molecule has 0 saturated carbocycles. The molecule has 0 saturated heterocycles. The van der Waals surface area contributed by atoms with E-state index in [1.54, 1.807) is 0 Å². The second-order valence-corrected chi connectivity index (χ2v) is 12.3. The van der Waals surface area contributed by atoms with E-state index >= 15 is 0 Å². The monoisotopic (exact) mass is 426 g/mol. The fraction of sp³-hybridized carbons (Fsp3) is 0.586. The van der Waals surface area contributed by atoms with Crippen LogP contribution in [-0.2, 0) is 5.88 Å². The van der Waals surface area contributed by atoms with Crippen molar-refractivity contribution >= 4 is 11.6 Å². The first-order valence-electron chi connectivity index (χ1n) is 11.5. The lowest BCUT2D eigenvalue weighted by Crippen LogP contribution is -2.39. The quantitative estimate of drug-likeness (QED) is 0.386. The van der Waals surface area contributed by atoms with Crippen LogP contribution < -0.4 is 0 Å². The highest BCUT2D eigenvalue weighted by Crippen LogP contribution is 2.55. The molecule has 2 aromatic rings. The SMILES string of the molecule is CC(C(c1ccc(CCl)cc1)C(C)(C)C)C(C)(C)C(CC(C)(C)C)c1ccccc1. The first-order valence-corrected chi connectivity index (χ1v) is 12.0. The lowest BCUT2D eigenvalue weighted by molar-refractivity contribution is 0.0813. The summed E-state index contributed by atoms with van der Waals surface area (Å²) in [4.78, 5) is 0. The molecular formula is C29H43Cl. The van der Waals surface area contributed by atoms with E-state index in [1.807, 2.05) is 0 Å². The maximum atomic E-state index is 6.05. The minimum Gasteiger partial charge on any atom is -0.122 e. The van der Waals surface area contributed by atoms with Gasteiger partial charge in [-0.1, -0.05) is 117 Å². The summed E-state index contributed by atoms with van der Waals surface area (Å²) in [5.41, 5.74) is 4.67. The predicted molar refractivity (Wildman–Crippen MR) is 134 cm³/mol. The largest absolute Gasteiger partial charge is 0.122 e. The van der Waals surface area contributed by atoms with Crippen molar-refractivity contribution in [1.29, 1.82) is 0 Å². The van der Waals surface area contributed by atoms with Crippen molar-refractivity contribution in [1.82, 2.24) is 0 Å². The normalized spacial score (nSPS) is 16.2. The van der Waals surface area contributed by atoms with Crippen LogP contribution in [0.4, 0.5) is 0 Å². The number of hydrogen-bond donors (Lipinski definition) is 0. The van der Waals surface area contributed by atoms with Gasteiger partial charge in [-0.05, 0) is 57.1 Å². The third kappa shape index (κ3) is 6.13. The highest BCUT2D eigenvalue weighted by Gasteiger charge is 2.44. The Morgan fingerprint density at radius 2 is 1.27 bits per heavy atom. The van der Waals surface area contributed by atoms with Gasteiger partial charge in [0.1, 0.15) is 0 Å². The Morgan fingerprint density at radius 3 is 1.70 bits per heavy atom. The molecule has 0 aliphatic heterocycles. The Morgan fingerprint density at radius 1 is 0.733 bits per heavy atom. The fourth-order valence-electron chi connectivity index (χ4n) is 5.21. The summed E-state index contributed by atoms with van der Waals surface area (Å²) >= 11 is 6.05. The van der Waals surface area contributed by atoms with Gasteiger partial charge < -0.3 is 0 Å². The first-order chi connectivity index (χ1) is 13.8. The maximum absolute atomic E-state index is 6.05. The molecule has 0 nitrogen and oxygen atoms in total. The van der Waals surface area contributed by atoms with E-state index in [-0.39, 0.29) is 16.2 Å². The molecule has 0 radical (unpaired) electrons. The van der Waals surface area contributed by atoms with E-state index in [2.05, 4.69) is 117 Å². The summed E-state index contributed by atoms with van der Waals surface area (Å²) in [6.45, 7) is 21.7. The van der Waals surface area contributed by atoms with Crippen LogP contribution in [0, 0.1) is 22.2 Å². The Balaban J connectivity index is 2.52. The molecule has 3 atom stereocenters. The third-order valence-corrected chi connectivity index (χ3v) is 7.32. The average Bonchev–Trinajstić information content (AvgIpc) is 2.65. The zero-order chi connectivity index (χ0) is 22.7. The van der Waals surface area contributed by atoms with E-state index in [0.717, 1.165) is 0 Å². The molecule has 0 aliphatic rings. The van der Waals surface area contributed by atoms with Crippen LogP contribution in [0.1, 0.15) is 97.3 Å². The van der Waals surface area contributed by atoms with E-state index in [1.165, 1.54) is 23.1 Å². The van der Waals surface area contributed by atoms with E-state index in [9.17, 15) is 0 Å². The van der Waals surface area contributed by atoms with Gasteiger partial charge in [0.25, 0.3) is 0 Å².